The minimum Gasteiger partial charge on any atom is -0.323 e. The highest BCUT2D eigenvalue weighted by atomic mass is 79.9. The number of benzene rings is 1. The van der Waals surface area contributed by atoms with E-state index in [1.807, 2.05) is 0 Å². The maximum Gasteiger partial charge on any atom is 0.241 e. The van der Waals surface area contributed by atoms with Crippen molar-refractivity contribution in [3.63, 3.8) is 0 Å². The molecule has 0 heterocycles. The summed E-state index contributed by atoms with van der Waals surface area (Å²) in [4.78, 5) is 11.6. The molecule has 1 aromatic rings. The maximum atomic E-state index is 11.6. The van der Waals surface area contributed by atoms with Gasteiger partial charge in [-0.3, -0.25) is 4.79 Å². The molecule has 0 saturated carbocycles. The zero-order valence-electron chi connectivity index (χ0n) is 8.54. The molecule has 1 unspecified atom stereocenters. The number of nitrogens with one attached hydrogen (secondary N) is 1. The number of carbonyl (C=O) groups is 1. The second-order valence-electron chi connectivity index (χ2n) is 3.24. The van der Waals surface area contributed by atoms with Crippen molar-refractivity contribution in [3.8, 4) is 0 Å². The number of rotatable bonds is 4. The molecule has 3 nitrogen and oxygen atoms in total. The molecule has 1 aromatic carbocycles. The number of halogens is 2. The molecule has 0 radical (unpaired) electrons. The molecule has 0 aromatic heterocycles. The molecule has 16 heavy (non-hydrogen) atoms. The molecule has 1 atom stereocenters. The van der Waals surface area contributed by atoms with E-state index in [4.69, 9.17) is 17.3 Å². The molecule has 0 aliphatic rings. The summed E-state index contributed by atoms with van der Waals surface area (Å²) in [6, 6.07) is 4.61. The largest absolute Gasteiger partial charge is 0.323 e. The molecule has 0 saturated heterocycles. The van der Waals surface area contributed by atoms with Gasteiger partial charge in [-0.05, 0) is 24.6 Å². The molecule has 0 bridgehead atoms. The van der Waals surface area contributed by atoms with E-state index < -0.39 is 6.04 Å². The second-order valence-corrected chi connectivity index (χ2v) is 4.57. The van der Waals surface area contributed by atoms with Crippen molar-refractivity contribution >= 4 is 39.1 Å². The fourth-order valence-electron chi connectivity index (χ4n) is 1.10. The van der Waals surface area contributed by atoms with E-state index in [-0.39, 0.29) is 5.91 Å². The smallest absolute Gasteiger partial charge is 0.241 e. The van der Waals surface area contributed by atoms with Crippen LogP contribution in [0.5, 0.6) is 0 Å². The van der Waals surface area contributed by atoms with Crippen molar-refractivity contribution in [2.75, 3.05) is 5.32 Å². The molecular weight excluding hydrogens is 291 g/mol. The molecule has 0 aliphatic heterocycles. The summed E-state index contributed by atoms with van der Waals surface area (Å²) in [5.74, 6) is -0.274. The highest BCUT2D eigenvalue weighted by Gasteiger charge is 2.13. The summed E-state index contributed by atoms with van der Waals surface area (Å²) in [6.07, 6.45) is 2.04. The number of hydrogen-bond donors (Lipinski definition) is 2. The maximum absolute atomic E-state index is 11.6. The standard InChI is InChI=1S/C11H12BrClN2O/c1-2-3-9(14)11(16)15-10-5-4-7(12)6-8(10)13/h2,4-6,9H,1,3,14H2,(H,15,16). The summed E-state index contributed by atoms with van der Waals surface area (Å²) in [5, 5.41) is 3.12. The van der Waals surface area contributed by atoms with Crippen LogP contribution in [0.2, 0.25) is 5.02 Å². The van der Waals surface area contributed by atoms with Crippen LogP contribution in [0.15, 0.2) is 35.3 Å². The number of amides is 1. The monoisotopic (exact) mass is 302 g/mol. The van der Waals surface area contributed by atoms with Crippen LogP contribution in [0.25, 0.3) is 0 Å². The van der Waals surface area contributed by atoms with E-state index in [1.54, 1.807) is 24.3 Å². The van der Waals surface area contributed by atoms with E-state index in [0.29, 0.717) is 17.1 Å². The summed E-state index contributed by atoms with van der Waals surface area (Å²) in [7, 11) is 0. The first kappa shape index (κ1) is 13.2. The highest BCUT2D eigenvalue weighted by molar-refractivity contribution is 9.10. The molecule has 0 spiro atoms. The highest BCUT2D eigenvalue weighted by Crippen LogP contribution is 2.25. The lowest BCUT2D eigenvalue weighted by atomic mass is 10.2. The summed E-state index contributed by atoms with van der Waals surface area (Å²) in [6.45, 7) is 3.53. The topological polar surface area (TPSA) is 55.1 Å². The van der Waals surface area contributed by atoms with Gasteiger partial charge in [-0.2, -0.15) is 0 Å². The fraction of sp³-hybridized carbons (Fsp3) is 0.182. The van der Waals surface area contributed by atoms with Gasteiger partial charge in [0, 0.05) is 4.47 Å². The Balaban J connectivity index is 2.73. The van der Waals surface area contributed by atoms with Gasteiger partial charge in [0.2, 0.25) is 5.91 Å². The van der Waals surface area contributed by atoms with E-state index in [0.717, 1.165) is 4.47 Å². The van der Waals surface area contributed by atoms with E-state index >= 15 is 0 Å². The predicted octanol–water partition coefficient (Wildman–Crippen LogP) is 2.94. The Bertz CT molecular complexity index is 409. The number of hydrogen-bond acceptors (Lipinski definition) is 2. The van der Waals surface area contributed by atoms with Gasteiger partial charge in [-0.15, -0.1) is 6.58 Å². The lowest BCUT2D eigenvalue weighted by Gasteiger charge is -2.11. The third-order valence-electron chi connectivity index (χ3n) is 1.95. The van der Waals surface area contributed by atoms with Crippen LogP contribution in [0.3, 0.4) is 0 Å². The van der Waals surface area contributed by atoms with E-state index in [2.05, 4.69) is 27.8 Å². The van der Waals surface area contributed by atoms with Crippen molar-refractivity contribution in [1.29, 1.82) is 0 Å². The van der Waals surface area contributed by atoms with Gasteiger partial charge in [0.15, 0.2) is 0 Å². The van der Waals surface area contributed by atoms with Gasteiger partial charge in [0.05, 0.1) is 16.8 Å². The first-order valence-corrected chi connectivity index (χ1v) is 5.84. The van der Waals surface area contributed by atoms with E-state index in [9.17, 15) is 4.79 Å². The Kier molecular flexibility index (Phi) is 4.99. The van der Waals surface area contributed by atoms with E-state index in [1.165, 1.54) is 0 Å². The van der Waals surface area contributed by atoms with Gasteiger partial charge in [0.25, 0.3) is 0 Å². The Morgan fingerprint density at radius 2 is 2.38 bits per heavy atom. The Morgan fingerprint density at radius 3 is 2.94 bits per heavy atom. The minimum atomic E-state index is -0.600. The van der Waals surface area contributed by atoms with Crippen molar-refractivity contribution in [2.45, 2.75) is 12.5 Å². The molecular formula is C11H12BrClN2O. The van der Waals surface area contributed by atoms with Crippen molar-refractivity contribution in [1.82, 2.24) is 0 Å². The van der Waals surface area contributed by atoms with Crippen LogP contribution in [0.1, 0.15) is 6.42 Å². The summed E-state index contributed by atoms with van der Waals surface area (Å²) in [5.41, 5.74) is 6.17. The van der Waals surface area contributed by atoms with Gasteiger partial charge >= 0.3 is 0 Å². The lowest BCUT2D eigenvalue weighted by molar-refractivity contribution is -0.117. The van der Waals surface area contributed by atoms with Crippen LogP contribution >= 0.6 is 27.5 Å². The molecule has 86 valence electrons. The van der Waals surface area contributed by atoms with Crippen LogP contribution in [-0.4, -0.2) is 11.9 Å². The quantitative estimate of drug-likeness (QED) is 0.840. The normalized spacial score (nSPS) is 11.9. The fourth-order valence-corrected chi connectivity index (χ4v) is 1.82. The van der Waals surface area contributed by atoms with Crippen LogP contribution in [0, 0.1) is 0 Å². The molecule has 1 rings (SSSR count). The molecule has 0 aliphatic carbocycles. The lowest BCUT2D eigenvalue weighted by Crippen LogP contribution is -2.35. The Hall–Kier alpha value is -0.840. The predicted molar refractivity (Wildman–Crippen MR) is 70.6 cm³/mol. The molecule has 3 N–H and O–H groups in total. The van der Waals surface area contributed by atoms with Crippen LogP contribution in [-0.2, 0) is 4.79 Å². The Morgan fingerprint density at radius 1 is 1.69 bits per heavy atom. The van der Waals surface area contributed by atoms with Crippen molar-refractivity contribution < 1.29 is 4.79 Å². The summed E-state index contributed by atoms with van der Waals surface area (Å²) >= 11 is 9.23. The first-order chi connectivity index (χ1) is 7.54. The molecule has 5 heteroatoms. The third-order valence-corrected chi connectivity index (χ3v) is 2.75. The number of carbonyl (C=O) groups excluding carboxylic acids is 1. The average molecular weight is 304 g/mol. The first-order valence-electron chi connectivity index (χ1n) is 4.67. The van der Waals surface area contributed by atoms with Gasteiger partial charge in [-0.1, -0.05) is 33.6 Å². The zero-order chi connectivity index (χ0) is 12.1. The van der Waals surface area contributed by atoms with Gasteiger partial charge in [0.1, 0.15) is 0 Å². The third kappa shape index (κ3) is 3.63. The SMILES string of the molecule is C=CCC(N)C(=O)Nc1ccc(Br)cc1Cl. The average Bonchev–Trinajstić information content (AvgIpc) is 2.22. The summed E-state index contributed by atoms with van der Waals surface area (Å²) < 4.78 is 0.853. The molecule has 0 fully saturated rings. The van der Waals surface area contributed by atoms with Gasteiger partial charge in [-0.25, -0.2) is 0 Å². The van der Waals surface area contributed by atoms with Crippen molar-refractivity contribution in [3.05, 3.63) is 40.3 Å². The zero-order valence-corrected chi connectivity index (χ0v) is 10.9. The molecule has 1 amide bonds. The van der Waals surface area contributed by atoms with Crippen LogP contribution < -0.4 is 11.1 Å². The second kappa shape index (κ2) is 6.03. The number of nitrogens with two attached hydrogens (primary N) is 1. The van der Waals surface area contributed by atoms with Crippen LogP contribution in [0.4, 0.5) is 5.69 Å². The number of anilines is 1. The Labute approximate surface area is 108 Å². The minimum absolute atomic E-state index is 0.274. The van der Waals surface area contributed by atoms with Crippen molar-refractivity contribution in [2.24, 2.45) is 5.73 Å². The van der Waals surface area contributed by atoms with Gasteiger partial charge < -0.3 is 11.1 Å².